The summed E-state index contributed by atoms with van der Waals surface area (Å²) in [7, 11) is 0. The fourth-order valence-corrected chi connectivity index (χ4v) is 1.73. The van der Waals surface area contributed by atoms with Crippen LogP contribution >= 0.6 is 11.6 Å². The number of aryl methyl sites for hydroxylation is 1. The van der Waals surface area contributed by atoms with E-state index in [0.717, 1.165) is 0 Å². The molecule has 1 amide bonds. The zero-order valence-corrected chi connectivity index (χ0v) is 11.0. The first kappa shape index (κ1) is 13.3. The van der Waals surface area contributed by atoms with E-state index in [9.17, 15) is 9.90 Å². The summed E-state index contributed by atoms with van der Waals surface area (Å²) < 4.78 is 0. The van der Waals surface area contributed by atoms with Crippen molar-refractivity contribution < 1.29 is 9.90 Å². The highest BCUT2D eigenvalue weighted by atomic mass is 35.5. The maximum Gasteiger partial charge on any atom is 0.255 e. The van der Waals surface area contributed by atoms with Gasteiger partial charge in [0.1, 0.15) is 11.6 Å². The Morgan fingerprint density at radius 1 is 1.42 bits per heavy atom. The number of hydrogen-bond acceptors (Lipinski definition) is 4. The van der Waals surface area contributed by atoms with Gasteiger partial charge in [-0.15, -0.1) is 0 Å². The molecule has 1 aromatic carbocycles. The normalized spacial score (nSPS) is 10.2. The average Bonchev–Trinajstić information content (AvgIpc) is 2.36. The Hall–Kier alpha value is -2.14. The largest absolute Gasteiger partial charge is 0.507 e. The Labute approximate surface area is 115 Å². The summed E-state index contributed by atoms with van der Waals surface area (Å²) in [5.41, 5.74) is 0.879. The number of phenols is 1. The fourth-order valence-electron chi connectivity index (χ4n) is 1.57. The molecule has 0 fully saturated rings. The molecule has 2 aromatic rings. The van der Waals surface area contributed by atoms with E-state index >= 15 is 0 Å². The van der Waals surface area contributed by atoms with E-state index < -0.39 is 0 Å². The van der Waals surface area contributed by atoms with Crippen molar-refractivity contribution in [3.8, 4) is 5.75 Å². The number of amides is 1. The van der Waals surface area contributed by atoms with Gasteiger partial charge >= 0.3 is 0 Å². The number of nitrogens with zero attached hydrogens (tertiary/aromatic N) is 2. The molecule has 2 rings (SSSR count). The fraction of sp³-hybridized carbons (Fsp3) is 0.154. The number of nitrogens with one attached hydrogen (secondary N) is 1. The first-order chi connectivity index (χ1) is 9.06. The summed E-state index contributed by atoms with van der Waals surface area (Å²) in [4.78, 5) is 20.0. The van der Waals surface area contributed by atoms with Gasteiger partial charge in [0.15, 0.2) is 0 Å². The number of carbonyl (C=O) groups excluding carboxylic acids is 1. The number of phenolic OH excluding ortho intramolecular Hbond substituents is 1. The summed E-state index contributed by atoms with van der Waals surface area (Å²) >= 11 is 5.70. The summed E-state index contributed by atoms with van der Waals surface area (Å²) in [5, 5.41) is 12.7. The minimum absolute atomic E-state index is 0.149. The lowest BCUT2D eigenvalue weighted by atomic mass is 10.2. The third kappa shape index (κ3) is 3.42. The quantitative estimate of drug-likeness (QED) is 0.901. The van der Waals surface area contributed by atoms with E-state index in [1.165, 1.54) is 12.1 Å². The van der Waals surface area contributed by atoms with Crippen LogP contribution in [0.3, 0.4) is 0 Å². The van der Waals surface area contributed by atoms with Gasteiger partial charge in [-0.3, -0.25) is 4.79 Å². The van der Waals surface area contributed by atoms with Crippen LogP contribution in [0.25, 0.3) is 0 Å². The number of benzene rings is 1. The molecular weight excluding hydrogens is 266 g/mol. The average molecular weight is 278 g/mol. The van der Waals surface area contributed by atoms with E-state index in [1.807, 2.05) is 0 Å². The molecule has 0 aliphatic rings. The van der Waals surface area contributed by atoms with Crippen molar-refractivity contribution in [1.29, 1.82) is 0 Å². The standard InChI is InChI=1S/C13H12ClN3O2/c1-8-15-5-4-10(17-8)7-16-13(19)11-3-2-9(14)6-12(11)18/h2-6,18H,7H2,1H3,(H,16,19). The first-order valence-electron chi connectivity index (χ1n) is 5.61. The van der Waals surface area contributed by atoms with Gasteiger partial charge in [0.2, 0.25) is 0 Å². The molecule has 0 bridgehead atoms. The zero-order valence-electron chi connectivity index (χ0n) is 10.2. The Kier molecular flexibility index (Phi) is 3.97. The monoisotopic (exact) mass is 277 g/mol. The van der Waals surface area contributed by atoms with Gasteiger partial charge in [0, 0.05) is 11.2 Å². The molecule has 1 aromatic heterocycles. The van der Waals surface area contributed by atoms with Gasteiger partial charge in [0.05, 0.1) is 17.8 Å². The molecule has 0 aliphatic heterocycles. The van der Waals surface area contributed by atoms with Gasteiger partial charge in [0.25, 0.3) is 5.91 Å². The lowest BCUT2D eigenvalue weighted by Gasteiger charge is -2.07. The molecule has 5 nitrogen and oxygen atoms in total. The molecule has 0 unspecified atom stereocenters. The lowest BCUT2D eigenvalue weighted by molar-refractivity contribution is 0.0947. The summed E-state index contributed by atoms with van der Waals surface area (Å²) in [6, 6.07) is 6.06. The predicted octanol–water partition coefficient (Wildman–Crippen LogP) is 2.07. The van der Waals surface area contributed by atoms with Crippen molar-refractivity contribution in [2.75, 3.05) is 0 Å². The van der Waals surface area contributed by atoms with Crippen LogP contribution in [0.5, 0.6) is 5.75 Å². The van der Waals surface area contributed by atoms with Crippen LogP contribution in [0.4, 0.5) is 0 Å². The second-order valence-corrected chi connectivity index (χ2v) is 4.38. The van der Waals surface area contributed by atoms with E-state index in [1.54, 1.807) is 25.3 Å². The van der Waals surface area contributed by atoms with Crippen molar-refractivity contribution in [1.82, 2.24) is 15.3 Å². The van der Waals surface area contributed by atoms with E-state index in [4.69, 9.17) is 11.6 Å². The minimum atomic E-state index is -0.384. The van der Waals surface area contributed by atoms with Gasteiger partial charge in [-0.1, -0.05) is 11.6 Å². The first-order valence-corrected chi connectivity index (χ1v) is 5.99. The Morgan fingerprint density at radius 3 is 2.89 bits per heavy atom. The van der Waals surface area contributed by atoms with Gasteiger partial charge in [-0.25, -0.2) is 9.97 Å². The van der Waals surface area contributed by atoms with Crippen molar-refractivity contribution in [2.45, 2.75) is 13.5 Å². The summed E-state index contributed by atoms with van der Waals surface area (Å²) in [6.07, 6.45) is 1.63. The van der Waals surface area contributed by atoms with E-state index in [-0.39, 0.29) is 23.8 Å². The van der Waals surface area contributed by atoms with Crippen molar-refractivity contribution in [3.05, 3.63) is 52.6 Å². The molecule has 6 heteroatoms. The van der Waals surface area contributed by atoms with Crippen LogP contribution in [0.15, 0.2) is 30.5 Å². The van der Waals surface area contributed by atoms with E-state index in [2.05, 4.69) is 15.3 Å². The number of carbonyl (C=O) groups is 1. The third-order valence-corrected chi connectivity index (χ3v) is 2.70. The second kappa shape index (κ2) is 5.67. The molecule has 98 valence electrons. The van der Waals surface area contributed by atoms with Crippen LogP contribution in [0, 0.1) is 6.92 Å². The van der Waals surface area contributed by atoms with Crippen molar-refractivity contribution in [2.24, 2.45) is 0 Å². The molecule has 0 radical (unpaired) electrons. The van der Waals surface area contributed by atoms with Gasteiger partial charge in [-0.2, -0.15) is 0 Å². The highest BCUT2D eigenvalue weighted by Crippen LogP contribution is 2.21. The Balaban J connectivity index is 2.05. The van der Waals surface area contributed by atoms with Crippen LogP contribution in [0.2, 0.25) is 5.02 Å². The van der Waals surface area contributed by atoms with Crippen LogP contribution < -0.4 is 5.32 Å². The lowest BCUT2D eigenvalue weighted by Crippen LogP contribution is -2.23. The number of hydrogen-bond donors (Lipinski definition) is 2. The SMILES string of the molecule is Cc1nccc(CNC(=O)c2ccc(Cl)cc2O)n1. The van der Waals surface area contributed by atoms with Crippen molar-refractivity contribution >= 4 is 17.5 Å². The predicted molar refractivity (Wildman–Crippen MR) is 71.1 cm³/mol. The smallest absolute Gasteiger partial charge is 0.255 e. The molecule has 1 heterocycles. The second-order valence-electron chi connectivity index (χ2n) is 3.94. The van der Waals surface area contributed by atoms with Gasteiger partial charge < -0.3 is 10.4 Å². The van der Waals surface area contributed by atoms with Crippen molar-refractivity contribution in [3.63, 3.8) is 0 Å². The third-order valence-electron chi connectivity index (χ3n) is 2.47. The molecule has 0 aliphatic carbocycles. The van der Waals surface area contributed by atoms with Crippen LogP contribution in [-0.4, -0.2) is 21.0 Å². The number of aromatic hydroxyl groups is 1. The summed E-state index contributed by atoms with van der Waals surface area (Å²) in [6.45, 7) is 2.04. The zero-order chi connectivity index (χ0) is 13.8. The molecule has 0 spiro atoms. The Morgan fingerprint density at radius 2 is 2.21 bits per heavy atom. The summed E-state index contributed by atoms with van der Waals surface area (Å²) in [5.74, 6) is 0.107. The highest BCUT2D eigenvalue weighted by Gasteiger charge is 2.11. The maximum atomic E-state index is 11.9. The van der Waals surface area contributed by atoms with Crippen LogP contribution in [-0.2, 0) is 6.54 Å². The molecular formula is C13H12ClN3O2. The molecule has 0 saturated carbocycles. The number of aromatic nitrogens is 2. The molecule has 2 N–H and O–H groups in total. The Bertz CT molecular complexity index is 617. The topological polar surface area (TPSA) is 75.1 Å². The maximum absolute atomic E-state index is 11.9. The van der Waals surface area contributed by atoms with Crippen LogP contribution in [0.1, 0.15) is 21.9 Å². The van der Waals surface area contributed by atoms with E-state index in [0.29, 0.717) is 16.5 Å². The molecule has 0 atom stereocenters. The highest BCUT2D eigenvalue weighted by molar-refractivity contribution is 6.30. The molecule has 0 saturated heterocycles. The molecule has 19 heavy (non-hydrogen) atoms. The number of halogens is 1. The number of rotatable bonds is 3. The minimum Gasteiger partial charge on any atom is -0.507 e. The van der Waals surface area contributed by atoms with Gasteiger partial charge in [-0.05, 0) is 31.2 Å².